The number of rotatable bonds is 3. The lowest BCUT2D eigenvalue weighted by Crippen LogP contribution is -2.48. The predicted molar refractivity (Wildman–Crippen MR) is 76.3 cm³/mol. The third kappa shape index (κ3) is 3.14. The molecule has 1 aromatic rings. The lowest BCUT2D eigenvalue weighted by Gasteiger charge is -2.34. The molecule has 2 N–H and O–H groups in total. The van der Waals surface area contributed by atoms with Gasteiger partial charge in [0.25, 0.3) is 5.69 Å². The van der Waals surface area contributed by atoms with E-state index in [4.69, 9.17) is 10.5 Å². The number of nitrogens with zero attached hydrogens (tertiary/aromatic N) is 2. The number of nitro groups is 1. The summed E-state index contributed by atoms with van der Waals surface area (Å²) in [5, 5.41) is 11.0. The van der Waals surface area contributed by atoms with Gasteiger partial charge in [-0.3, -0.25) is 10.1 Å². The van der Waals surface area contributed by atoms with Crippen molar-refractivity contribution in [3.63, 3.8) is 0 Å². The van der Waals surface area contributed by atoms with Crippen LogP contribution in [0.15, 0.2) is 23.1 Å². The van der Waals surface area contributed by atoms with Crippen LogP contribution in [0.4, 0.5) is 11.4 Å². The van der Waals surface area contributed by atoms with E-state index in [9.17, 15) is 18.5 Å². The Kier molecular flexibility index (Phi) is 4.17. The van der Waals surface area contributed by atoms with Gasteiger partial charge in [-0.2, -0.15) is 4.31 Å². The first kappa shape index (κ1) is 15.7. The Morgan fingerprint density at radius 2 is 1.90 bits per heavy atom. The Hall–Kier alpha value is -1.71. The Labute approximate surface area is 122 Å². The molecule has 21 heavy (non-hydrogen) atoms. The molecular formula is C12H17N3O5S. The zero-order valence-electron chi connectivity index (χ0n) is 11.7. The maximum Gasteiger partial charge on any atom is 0.289 e. The van der Waals surface area contributed by atoms with Crippen molar-refractivity contribution in [1.29, 1.82) is 0 Å². The molecule has 2 unspecified atom stereocenters. The molecule has 0 aliphatic carbocycles. The van der Waals surface area contributed by atoms with Crippen LogP contribution in [0.3, 0.4) is 0 Å². The molecule has 116 valence electrons. The third-order valence-corrected chi connectivity index (χ3v) is 5.05. The molecule has 2 rings (SSSR count). The van der Waals surface area contributed by atoms with Gasteiger partial charge in [-0.05, 0) is 26.0 Å². The van der Waals surface area contributed by atoms with Gasteiger partial charge in [0, 0.05) is 24.8 Å². The van der Waals surface area contributed by atoms with Crippen molar-refractivity contribution in [1.82, 2.24) is 4.31 Å². The summed E-state index contributed by atoms with van der Waals surface area (Å²) in [4.78, 5) is 9.94. The minimum Gasteiger partial charge on any atom is -0.399 e. The van der Waals surface area contributed by atoms with Crippen molar-refractivity contribution in [2.75, 3.05) is 18.8 Å². The second kappa shape index (κ2) is 5.58. The van der Waals surface area contributed by atoms with E-state index in [2.05, 4.69) is 0 Å². The molecule has 0 spiro atoms. The molecule has 1 heterocycles. The molecule has 0 bridgehead atoms. The second-order valence-electron chi connectivity index (χ2n) is 5.06. The van der Waals surface area contributed by atoms with Gasteiger partial charge in [-0.1, -0.05) is 0 Å². The maximum absolute atomic E-state index is 12.7. The van der Waals surface area contributed by atoms with Gasteiger partial charge in [0.1, 0.15) is 0 Å². The normalized spacial score (nSPS) is 23.9. The average molecular weight is 315 g/mol. The summed E-state index contributed by atoms with van der Waals surface area (Å²) in [6, 6.07) is 3.54. The van der Waals surface area contributed by atoms with Gasteiger partial charge >= 0.3 is 0 Å². The smallest absolute Gasteiger partial charge is 0.289 e. The standard InChI is InChI=1S/C12H17N3O5S/c1-8-6-14(7-9(2)20-8)21(18,19)12-5-10(13)3-4-11(12)15(16)17/h3-5,8-9H,6-7,13H2,1-2H3. The number of benzene rings is 1. The minimum absolute atomic E-state index is 0.151. The molecule has 9 heteroatoms. The number of ether oxygens (including phenoxy) is 1. The van der Waals surface area contributed by atoms with Crippen molar-refractivity contribution < 1.29 is 18.1 Å². The Bertz CT molecular complexity index is 651. The van der Waals surface area contributed by atoms with E-state index in [0.29, 0.717) is 0 Å². The monoisotopic (exact) mass is 315 g/mol. The Balaban J connectivity index is 2.49. The van der Waals surface area contributed by atoms with Crippen LogP contribution in [-0.2, 0) is 14.8 Å². The Morgan fingerprint density at radius 3 is 2.43 bits per heavy atom. The number of hydrogen-bond donors (Lipinski definition) is 1. The molecule has 0 amide bonds. The molecule has 0 saturated carbocycles. The van der Waals surface area contributed by atoms with Crippen molar-refractivity contribution in [3.05, 3.63) is 28.3 Å². The van der Waals surface area contributed by atoms with Gasteiger partial charge in [0.05, 0.1) is 17.1 Å². The van der Waals surface area contributed by atoms with E-state index in [0.717, 1.165) is 12.1 Å². The number of sulfonamides is 1. The van der Waals surface area contributed by atoms with Crippen molar-refractivity contribution in [3.8, 4) is 0 Å². The van der Waals surface area contributed by atoms with Gasteiger partial charge in [0.15, 0.2) is 4.90 Å². The summed E-state index contributed by atoms with van der Waals surface area (Å²) in [6.07, 6.45) is -0.549. The quantitative estimate of drug-likeness (QED) is 0.505. The highest BCUT2D eigenvalue weighted by Gasteiger charge is 2.36. The highest BCUT2D eigenvalue weighted by molar-refractivity contribution is 7.89. The fraction of sp³-hybridized carbons (Fsp3) is 0.500. The van der Waals surface area contributed by atoms with Crippen molar-refractivity contribution >= 4 is 21.4 Å². The molecule has 1 aliphatic heterocycles. The van der Waals surface area contributed by atoms with E-state index >= 15 is 0 Å². The molecule has 8 nitrogen and oxygen atoms in total. The molecule has 2 atom stereocenters. The second-order valence-corrected chi connectivity index (χ2v) is 6.97. The first-order chi connectivity index (χ1) is 9.71. The van der Waals surface area contributed by atoms with Crippen LogP contribution in [0.1, 0.15) is 13.8 Å². The molecule has 1 fully saturated rings. The summed E-state index contributed by atoms with van der Waals surface area (Å²) in [6.45, 7) is 3.81. The largest absolute Gasteiger partial charge is 0.399 e. The van der Waals surface area contributed by atoms with Crippen molar-refractivity contribution in [2.24, 2.45) is 0 Å². The van der Waals surface area contributed by atoms with E-state index < -0.39 is 20.6 Å². The Morgan fingerprint density at radius 1 is 1.33 bits per heavy atom. The highest BCUT2D eigenvalue weighted by atomic mass is 32.2. The first-order valence-electron chi connectivity index (χ1n) is 6.41. The van der Waals surface area contributed by atoms with E-state index in [1.807, 2.05) is 0 Å². The van der Waals surface area contributed by atoms with E-state index in [-0.39, 0.29) is 35.9 Å². The number of hydrogen-bond acceptors (Lipinski definition) is 6. The van der Waals surface area contributed by atoms with Crippen LogP contribution in [0, 0.1) is 10.1 Å². The SMILES string of the molecule is CC1CN(S(=O)(=O)c2cc(N)ccc2[N+](=O)[O-])CC(C)O1. The van der Waals surface area contributed by atoms with Crippen LogP contribution in [0.5, 0.6) is 0 Å². The number of nitrogens with two attached hydrogens (primary N) is 1. The summed E-state index contributed by atoms with van der Waals surface area (Å²) < 4.78 is 32.0. The first-order valence-corrected chi connectivity index (χ1v) is 7.85. The topological polar surface area (TPSA) is 116 Å². The van der Waals surface area contributed by atoms with Gasteiger partial charge < -0.3 is 10.5 Å². The number of anilines is 1. The van der Waals surface area contributed by atoms with Crippen LogP contribution < -0.4 is 5.73 Å². The lowest BCUT2D eigenvalue weighted by molar-refractivity contribution is -0.387. The summed E-state index contributed by atoms with van der Waals surface area (Å²) in [5.41, 5.74) is 5.26. The van der Waals surface area contributed by atoms with Crippen molar-refractivity contribution in [2.45, 2.75) is 31.0 Å². The minimum atomic E-state index is -3.99. The molecule has 1 aliphatic rings. The highest BCUT2D eigenvalue weighted by Crippen LogP contribution is 2.30. The molecule has 0 aromatic heterocycles. The van der Waals surface area contributed by atoms with Crippen LogP contribution in [-0.4, -0.2) is 42.9 Å². The molecule has 1 aromatic carbocycles. The van der Waals surface area contributed by atoms with Gasteiger partial charge in [-0.25, -0.2) is 8.42 Å². The average Bonchev–Trinajstić information content (AvgIpc) is 2.37. The maximum atomic E-state index is 12.7. The zero-order valence-corrected chi connectivity index (χ0v) is 12.5. The predicted octanol–water partition coefficient (Wildman–Crippen LogP) is 0.975. The zero-order chi connectivity index (χ0) is 15.8. The van der Waals surface area contributed by atoms with Crippen LogP contribution in [0.25, 0.3) is 0 Å². The fourth-order valence-electron chi connectivity index (χ4n) is 2.35. The van der Waals surface area contributed by atoms with Gasteiger partial charge in [-0.15, -0.1) is 0 Å². The molecule has 1 saturated heterocycles. The number of morpholine rings is 1. The molecular weight excluding hydrogens is 298 g/mol. The summed E-state index contributed by atoms with van der Waals surface area (Å²) in [5.74, 6) is 0. The van der Waals surface area contributed by atoms with Gasteiger partial charge in [0.2, 0.25) is 10.0 Å². The fourth-order valence-corrected chi connectivity index (χ4v) is 4.14. The van der Waals surface area contributed by atoms with E-state index in [1.54, 1.807) is 13.8 Å². The molecule has 0 radical (unpaired) electrons. The summed E-state index contributed by atoms with van der Waals surface area (Å²) in [7, 11) is -3.99. The van der Waals surface area contributed by atoms with Crippen LogP contribution >= 0.6 is 0 Å². The lowest BCUT2D eigenvalue weighted by atomic mass is 10.3. The number of nitro benzene ring substituents is 1. The van der Waals surface area contributed by atoms with E-state index in [1.165, 1.54) is 10.4 Å². The third-order valence-electron chi connectivity index (χ3n) is 3.18. The summed E-state index contributed by atoms with van der Waals surface area (Å²) >= 11 is 0. The van der Waals surface area contributed by atoms with Crippen LogP contribution in [0.2, 0.25) is 0 Å². The number of nitrogen functional groups attached to an aromatic ring is 1.